The van der Waals surface area contributed by atoms with Crippen molar-refractivity contribution in [2.24, 2.45) is 5.92 Å². The third-order valence-corrected chi connectivity index (χ3v) is 2.67. The van der Waals surface area contributed by atoms with E-state index in [0.29, 0.717) is 6.54 Å². The van der Waals surface area contributed by atoms with E-state index >= 15 is 0 Å². The van der Waals surface area contributed by atoms with Crippen LogP contribution in [-0.4, -0.2) is 29.1 Å². The van der Waals surface area contributed by atoms with Gasteiger partial charge in [-0.25, -0.2) is 0 Å². The Kier molecular flexibility index (Phi) is 2.45. The molecule has 0 radical (unpaired) electrons. The maximum atomic E-state index is 10.9. The van der Waals surface area contributed by atoms with E-state index in [-0.39, 0.29) is 11.8 Å². The van der Waals surface area contributed by atoms with Crippen molar-refractivity contribution in [1.29, 1.82) is 0 Å². The maximum Gasteiger partial charge on any atom is 0.308 e. The van der Waals surface area contributed by atoms with Gasteiger partial charge < -0.3 is 10.4 Å². The Morgan fingerprint density at radius 1 is 1.43 bits per heavy atom. The average Bonchev–Trinajstić information content (AvgIpc) is 2.67. The van der Waals surface area contributed by atoms with Crippen LogP contribution in [0.2, 0.25) is 0 Å². The first-order valence-electron chi connectivity index (χ1n) is 4.62. The minimum absolute atomic E-state index is 0.0792. The first kappa shape index (κ1) is 9.15. The van der Waals surface area contributed by atoms with Crippen molar-refractivity contribution in [2.45, 2.75) is 5.92 Å². The monoisotopic (exact) mass is 192 g/mol. The maximum absolute atomic E-state index is 10.9. The Bertz CT molecular complexity index is 326. The lowest BCUT2D eigenvalue weighted by Crippen LogP contribution is -2.20. The molecule has 2 N–H and O–H groups in total. The van der Waals surface area contributed by atoms with E-state index in [9.17, 15) is 4.79 Å². The molecule has 2 rings (SSSR count). The predicted molar refractivity (Wildman–Crippen MR) is 51.0 cm³/mol. The lowest BCUT2D eigenvalue weighted by molar-refractivity contribution is -0.141. The van der Waals surface area contributed by atoms with Gasteiger partial charge in [-0.05, 0) is 17.7 Å². The van der Waals surface area contributed by atoms with E-state index in [1.54, 1.807) is 12.4 Å². The molecule has 2 atom stereocenters. The van der Waals surface area contributed by atoms with Gasteiger partial charge in [0, 0.05) is 31.4 Å². The standard InChI is InChI=1S/C10H12N2O2/c13-10(14)9-6-12-5-8(9)7-1-3-11-4-2-7/h1-4,8-9,12H,5-6H2,(H,13,14)/t8-,9-/m1/s1. The molecule has 2 heterocycles. The van der Waals surface area contributed by atoms with Crippen molar-refractivity contribution in [2.75, 3.05) is 13.1 Å². The summed E-state index contributed by atoms with van der Waals surface area (Å²) in [5, 5.41) is 12.1. The molecule has 1 aliphatic heterocycles. The Morgan fingerprint density at radius 3 is 2.79 bits per heavy atom. The summed E-state index contributed by atoms with van der Waals surface area (Å²) < 4.78 is 0. The smallest absolute Gasteiger partial charge is 0.308 e. The predicted octanol–water partition coefficient (Wildman–Crippen LogP) is 0.469. The van der Waals surface area contributed by atoms with Crippen LogP contribution < -0.4 is 5.32 Å². The lowest BCUT2D eigenvalue weighted by atomic mass is 9.90. The van der Waals surface area contributed by atoms with Gasteiger partial charge in [-0.3, -0.25) is 9.78 Å². The van der Waals surface area contributed by atoms with Gasteiger partial charge in [0.1, 0.15) is 0 Å². The third kappa shape index (κ3) is 1.61. The molecule has 0 amide bonds. The highest BCUT2D eigenvalue weighted by molar-refractivity contribution is 5.72. The first-order chi connectivity index (χ1) is 6.79. The molecule has 4 heteroatoms. The van der Waals surface area contributed by atoms with E-state index in [2.05, 4.69) is 10.3 Å². The number of rotatable bonds is 2. The fourth-order valence-electron chi connectivity index (χ4n) is 1.90. The van der Waals surface area contributed by atoms with E-state index in [0.717, 1.165) is 12.1 Å². The van der Waals surface area contributed by atoms with Gasteiger partial charge in [0.25, 0.3) is 0 Å². The molecule has 0 bridgehead atoms. The molecule has 1 fully saturated rings. The molecule has 1 saturated heterocycles. The number of carboxylic acid groups (broad SMARTS) is 1. The molecular formula is C10H12N2O2. The average molecular weight is 192 g/mol. The zero-order valence-electron chi connectivity index (χ0n) is 7.68. The number of carboxylic acids is 1. The Morgan fingerprint density at radius 2 is 2.14 bits per heavy atom. The van der Waals surface area contributed by atoms with Crippen LogP contribution in [0.4, 0.5) is 0 Å². The van der Waals surface area contributed by atoms with Crippen molar-refractivity contribution >= 4 is 5.97 Å². The molecule has 0 spiro atoms. The van der Waals surface area contributed by atoms with Crippen LogP contribution in [0.15, 0.2) is 24.5 Å². The number of carbonyl (C=O) groups is 1. The number of hydrogen-bond donors (Lipinski definition) is 2. The second-order valence-corrected chi connectivity index (χ2v) is 3.49. The summed E-state index contributed by atoms with van der Waals surface area (Å²) in [7, 11) is 0. The quantitative estimate of drug-likeness (QED) is 0.715. The molecule has 1 aromatic rings. The van der Waals surface area contributed by atoms with Crippen LogP contribution in [0.1, 0.15) is 11.5 Å². The number of hydrogen-bond acceptors (Lipinski definition) is 3. The van der Waals surface area contributed by atoms with E-state index < -0.39 is 5.97 Å². The molecule has 0 aliphatic carbocycles. The van der Waals surface area contributed by atoms with Gasteiger partial charge in [0.15, 0.2) is 0 Å². The fourth-order valence-corrected chi connectivity index (χ4v) is 1.90. The molecule has 74 valence electrons. The number of nitrogens with zero attached hydrogens (tertiary/aromatic N) is 1. The van der Waals surface area contributed by atoms with Crippen LogP contribution >= 0.6 is 0 Å². The zero-order chi connectivity index (χ0) is 9.97. The number of nitrogens with one attached hydrogen (secondary N) is 1. The molecular weight excluding hydrogens is 180 g/mol. The highest BCUT2D eigenvalue weighted by Gasteiger charge is 2.33. The Balaban J connectivity index is 2.22. The van der Waals surface area contributed by atoms with Crippen molar-refractivity contribution in [3.05, 3.63) is 30.1 Å². The van der Waals surface area contributed by atoms with Gasteiger partial charge in [-0.2, -0.15) is 0 Å². The topological polar surface area (TPSA) is 62.2 Å². The van der Waals surface area contributed by atoms with E-state index in [4.69, 9.17) is 5.11 Å². The fraction of sp³-hybridized carbons (Fsp3) is 0.400. The number of pyridine rings is 1. The van der Waals surface area contributed by atoms with E-state index in [1.165, 1.54) is 0 Å². The molecule has 1 aromatic heterocycles. The Labute approximate surface area is 82.0 Å². The number of aliphatic carboxylic acids is 1. The van der Waals surface area contributed by atoms with Gasteiger partial charge in [-0.15, -0.1) is 0 Å². The molecule has 0 saturated carbocycles. The molecule has 14 heavy (non-hydrogen) atoms. The molecule has 0 aromatic carbocycles. The van der Waals surface area contributed by atoms with Crippen molar-refractivity contribution in [3.63, 3.8) is 0 Å². The highest BCUT2D eigenvalue weighted by atomic mass is 16.4. The summed E-state index contributed by atoms with van der Waals surface area (Å²) in [6.07, 6.45) is 3.40. The van der Waals surface area contributed by atoms with Crippen LogP contribution in [0.3, 0.4) is 0 Å². The summed E-state index contributed by atoms with van der Waals surface area (Å²) in [5.74, 6) is -0.954. The third-order valence-electron chi connectivity index (χ3n) is 2.67. The van der Waals surface area contributed by atoms with Crippen LogP contribution in [0.25, 0.3) is 0 Å². The highest BCUT2D eigenvalue weighted by Crippen LogP contribution is 2.27. The van der Waals surface area contributed by atoms with Crippen LogP contribution in [0.5, 0.6) is 0 Å². The van der Waals surface area contributed by atoms with Crippen molar-refractivity contribution in [3.8, 4) is 0 Å². The lowest BCUT2D eigenvalue weighted by Gasteiger charge is -2.14. The first-order valence-corrected chi connectivity index (χ1v) is 4.62. The van der Waals surface area contributed by atoms with Gasteiger partial charge in [0.2, 0.25) is 0 Å². The summed E-state index contributed by atoms with van der Waals surface area (Å²) >= 11 is 0. The summed E-state index contributed by atoms with van der Waals surface area (Å²) in [4.78, 5) is 14.8. The second kappa shape index (κ2) is 3.75. The normalized spacial score (nSPS) is 26.3. The van der Waals surface area contributed by atoms with Crippen LogP contribution in [-0.2, 0) is 4.79 Å². The summed E-state index contributed by atoms with van der Waals surface area (Å²) in [5.41, 5.74) is 1.05. The SMILES string of the molecule is O=C(O)[C@@H]1CNC[C@@H]1c1ccncc1. The van der Waals surface area contributed by atoms with E-state index in [1.807, 2.05) is 12.1 Å². The van der Waals surface area contributed by atoms with Gasteiger partial charge >= 0.3 is 5.97 Å². The second-order valence-electron chi connectivity index (χ2n) is 3.49. The Hall–Kier alpha value is -1.42. The summed E-state index contributed by atoms with van der Waals surface area (Å²) in [6, 6.07) is 3.77. The zero-order valence-corrected chi connectivity index (χ0v) is 7.68. The minimum Gasteiger partial charge on any atom is -0.481 e. The number of aromatic nitrogens is 1. The van der Waals surface area contributed by atoms with Crippen LogP contribution in [0, 0.1) is 5.92 Å². The molecule has 1 aliphatic rings. The minimum atomic E-state index is -0.725. The molecule has 4 nitrogen and oxygen atoms in total. The van der Waals surface area contributed by atoms with Gasteiger partial charge in [-0.1, -0.05) is 0 Å². The van der Waals surface area contributed by atoms with Gasteiger partial charge in [0.05, 0.1) is 5.92 Å². The largest absolute Gasteiger partial charge is 0.481 e. The van der Waals surface area contributed by atoms with Crippen molar-refractivity contribution in [1.82, 2.24) is 10.3 Å². The summed E-state index contributed by atoms with van der Waals surface area (Å²) in [6.45, 7) is 1.29. The molecule has 0 unspecified atom stereocenters. The van der Waals surface area contributed by atoms with Crippen molar-refractivity contribution < 1.29 is 9.90 Å².